The van der Waals surface area contributed by atoms with Crippen molar-refractivity contribution in [3.63, 3.8) is 0 Å². The highest BCUT2D eigenvalue weighted by atomic mass is 35.5. The van der Waals surface area contributed by atoms with E-state index in [4.69, 9.17) is 23.2 Å². The van der Waals surface area contributed by atoms with Crippen LogP contribution in [0.15, 0.2) is 30.3 Å². The fourth-order valence-electron chi connectivity index (χ4n) is 3.43. The third-order valence-electron chi connectivity index (χ3n) is 4.95. The van der Waals surface area contributed by atoms with Crippen LogP contribution in [0.1, 0.15) is 42.5 Å². The van der Waals surface area contributed by atoms with Crippen molar-refractivity contribution in [1.82, 2.24) is 4.72 Å². The Morgan fingerprint density at radius 2 is 1.66 bits per heavy atom. The number of carbonyl (C=O) groups is 1. The zero-order valence-electron chi connectivity index (χ0n) is 15.4. The van der Waals surface area contributed by atoms with E-state index in [1.165, 1.54) is 24.3 Å². The van der Waals surface area contributed by atoms with Gasteiger partial charge in [-0.1, -0.05) is 42.5 Å². The topological polar surface area (TPSA) is 63.2 Å². The van der Waals surface area contributed by atoms with Gasteiger partial charge in [-0.05, 0) is 54.3 Å². The zero-order valence-corrected chi connectivity index (χ0v) is 17.7. The van der Waals surface area contributed by atoms with Crippen LogP contribution in [-0.4, -0.2) is 26.0 Å². The summed E-state index contributed by atoms with van der Waals surface area (Å²) in [5.41, 5.74) is 0.226. The molecule has 0 saturated heterocycles. The maximum absolute atomic E-state index is 14.5. The Labute approximate surface area is 178 Å². The summed E-state index contributed by atoms with van der Waals surface area (Å²) < 4.78 is 55.2. The van der Waals surface area contributed by atoms with Gasteiger partial charge in [0.05, 0.1) is 22.4 Å². The Morgan fingerprint density at radius 3 is 2.31 bits per heavy atom. The predicted octanol–water partition coefficient (Wildman–Crippen LogP) is 5.37. The molecule has 2 aromatic rings. The molecule has 29 heavy (non-hydrogen) atoms. The van der Waals surface area contributed by atoms with Crippen LogP contribution in [0.25, 0.3) is 11.1 Å². The van der Waals surface area contributed by atoms with E-state index >= 15 is 0 Å². The lowest BCUT2D eigenvalue weighted by Crippen LogP contribution is -2.38. The first kappa shape index (κ1) is 22.2. The summed E-state index contributed by atoms with van der Waals surface area (Å²) in [6.45, 7) is -0.584. The van der Waals surface area contributed by atoms with Gasteiger partial charge in [0, 0.05) is 5.02 Å². The average molecular weight is 462 g/mol. The molecule has 1 fully saturated rings. The maximum Gasteiger partial charge on any atom is 0.214 e. The summed E-state index contributed by atoms with van der Waals surface area (Å²) in [5.74, 6) is -2.33. The molecule has 0 atom stereocenters. The normalized spacial score (nSPS) is 15.4. The number of ketones is 1. The number of benzene rings is 2. The van der Waals surface area contributed by atoms with Crippen molar-refractivity contribution in [1.29, 1.82) is 0 Å². The summed E-state index contributed by atoms with van der Waals surface area (Å²) in [5, 5.41) is -0.742. The molecular formula is C20H19Cl2F2NO3S. The average Bonchev–Trinajstić information content (AvgIpc) is 2.68. The summed E-state index contributed by atoms with van der Waals surface area (Å²) in [4.78, 5) is 12.5. The first-order valence-corrected chi connectivity index (χ1v) is 11.4. The molecule has 1 aliphatic rings. The predicted molar refractivity (Wildman–Crippen MR) is 110 cm³/mol. The van der Waals surface area contributed by atoms with Crippen molar-refractivity contribution in [2.24, 2.45) is 0 Å². The Bertz CT molecular complexity index is 1020. The van der Waals surface area contributed by atoms with E-state index in [-0.39, 0.29) is 21.2 Å². The zero-order chi connectivity index (χ0) is 21.2. The highest BCUT2D eigenvalue weighted by Crippen LogP contribution is 2.30. The van der Waals surface area contributed by atoms with Crippen LogP contribution in [0, 0.1) is 11.6 Å². The highest BCUT2D eigenvalue weighted by molar-refractivity contribution is 7.90. The summed E-state index contributed by atoms with van der Waals surface area (Å²) in [6, 6.07) is 6.21. The molecule has 2 aromatic carbocycles. The molecular weight excluding hydrogens is 443 g/mol. The summed E-state index contributed by atoms with van der Waals surface area (Å²) in [6.07, 6.45) is 3.72. The van der Waals surface area contributed by atoms with E-state index < -0.39 is 39.2 Å². The third-order valence-corrected chi connectivity index (χ3v) is 7.34. The standard InChI is InChI=1S/C20H19Cl2F2NO3S/c21-14-6-12(7-15(23)10-14)13-8-17(20(24)18(22)9-13)19(26)11-25-29(27,28)16-4-2-1-3-5-16/h6-10,16,25H,1-5,11H2. The molecule has 0 radical (unpaired) electrons. The third kappa shape index (κ3) is 5.34. The molecule has 0 bridgehead atoms. The van der Waals surface area contributed by atoms with Gasteiger partial charge in [0.1, 0.15) is 5.82 Å². The minimum atomic E-state index is -3.68. The first-order chi connectivity index (χ1) is 13.7. The van der Waals surface area contributed by atoms with Crippen molar-refractivity contribution in [3.05, 3.63) is 57.6 Å². The molecule has 156 valence electrons. The second-order valence-electron chi connectivity index (χ2n) is 7.03. The molecule has 4 nitrogen and oxygen atoms in total. The monoisotopic (exact) mass is 461 g/mol. The van der Waals surface area contributed by atoms with E-state index in [1.807, 2.05) is 0 Å². The van der Waals surface area contributed by atoms with E-state index in [9.17, 15) is 22.0 Å². The van der Waals surface area contributed by atoms with Crippen LogP contribution in [0.2, 0.25) is 10.0 Å². The lowest BCUT2D eigenvalue weighted by atomic mass is 10.0. The maximum atomic E-state index is 14.5. The van der Waals surface area contributed by atoms with Gasteiger partial charge in [-0.25, -0.2) is 21.9 Å². The van der Waals surface area contributed by atoms with Gasteiger partial charge in [0.15, 0.2) is 11.6 Å². The lowest BCUT2D eigenvalue weighted by molar-refractivity contribution is 0.0993. The Kier molecular flexibility index (Phi) is 6.94. The SMILES string of the molecule is O=C(CNS(=O)(=O)C1CCCCC1)c1cc(-c2cc(F)cc(Cl)c2)cc(Cl)c1F. The number of carbonyl (C=O) groups excluding carboxylic acids is 1. The number of sulfonamides is 1. The van der Waals surface area contributed by atoms with Crippen molar-refractivity contribution in [2.75, 3.05) is 6.54 Å². The van der Waals surface area contributed by atoms with Crippen molar-refractivity contribution in [2.45, 2.75) is 37.4 Å². The molecule has 0 amide bonds. The molecule has 1 N–H and O–H groups in total. The first-order valence-electron chi connectivity index (χ1n) is 9.14. The number of nitrogens with one attached hydrogen (secondary N) is 1. The molecule has 1 aliphatic carbocycles. The minimum absolute atomic E-state index is 0.133. The van der Waals surface area contributed by atoms with Crippen LogP contribution in [0.5, 0.6) is 0 Å². The van der Waals surface area contributed by atoms with Gasteiger partial charge < -0.3 is 0 Å². The Morgan fingerprint density at radius 1 is 1.00 bits per heavy atom. The van der Waals surface area contributed by atoms with Crippen LogP contribution >= 0.6 is 23.2 Å². The van der Waals surface area contributed by atoms with E-state index in [0.29, 0.717) is 18.4 Å². The molecule has 0 aromatic heterocycles. The molecule has 0 heterocycles. The van der Waals surface area contributed by atoms with Gasteiger partial charge in [0.2, 0.25) is 10.0 Å². The number of halogens is 4. The molecule has 1 saturated carbocycles. The number of rotatable bonds is 6. The van der Waals surface area contributed by atoms with Crippen molar-refractivity contribution < 1.29 is 22.0 Å². The number of hydrogen-bond donors (Lipinski definition) is 1. The molecule has 9 heteroatoms. The molecule has 0 aliphatic heterocycles. The lowest BCUT2D eigenvalue weighted by Gasteiger charge is -2.21. The van der Waals surface area contributed by atoms with Crippen molar-refractivity contribution >= 4 is 39.0 Å². The molecule has 0 spiro atoms. The number of hydrogen-bond acceptors (Lipinski definition) is 3. The Hall–Kier alpha value is -1.54. The smallest absolute Gasteiger partial charge is 0.214 e. The van der Waals surface area contributed by atoms with Crippen LogP contribution < -0.4 is 4.72 Å². The van der Waals surface area contributed by atoms with E-state index in [0.717, 1.165) is 25.3 Å². The second kappa shape index (κ2) is 9.08. The van der Waals surface area contributed by atoms with Gasteiger partial charge in [0.25, 0.3) is 0 Å². The summed E-state index contributed by atoms with van der Waals surface area (Å²) >= 11 is 11.8. The van der Waals surface area contributed by atoms with E-state index in [2.05, 4.69) is 4.72 Å². The van der Waals surface area contributed by atoms with Crippen molar-refractivity contribution in [3.8, 4) is 11.1 Å². The second-order valence-corrected chi connectivity index (χ2v) is 9.92. The van der Waals surface area contributed by atoms with Crippen LogP contribution in [-0.2, 0) is 10.0 Å². The van der Waals surface area contributed by atoms with Gasteiger partial charge in [-0.2, -0.15) is 0 Å². The Balaban J connectivity index is 1.84. The fourth-order valence-corrected chi connectivity index (χ4v) is 5.40. The number of Topliss-reactive ketones (excluding diaryl/α,β-unsaturated/α-hetero) is 1. The van der Waals surface area contributed by atoms with Gasteiger partial charge in [-0.15, -0.1) is 0 Å². The summed E-state index contributed by atoms with van der Waals surface area (Å²) in [7, 11) is -3.68. The van der Waals surface area contributed by atoms with Gasteiger partial charge >= 0.3 is 0 Å². The van der Waals surface area contributed by atoms with Crippen LogP contribution in [0.3, 0.4) is 0 Å². The largest absolute Gasteiger partial charge is 0.293 e. The van der Waals surface area contributed by atoms with E-state index in [1.54, 1.807) is 0 Å². The minimum Gasteiger partial charge on any atom is -0.293 e. The van der Waals surface area contributed by atoms with Gasteiger partial charge in [-0.3, -0.25) is 4.79 Å². The molecule has 3 rings (SSSR count). The quantitative estimate of drug-likeness (QED) is 0.587. The highest BCUT2D eigenvalue weighted by Gasteiger charge is 2.28. The fraction of sp³-hybridized carbons (Fsp3) is 0.350. The molecule has 0 unspecified atom stereocenters. The van der Waals surface area contributed by atoms with Crippen LogP contribution in [0.4, 0.5) is 8.78 Å².